The molecule has 0 spiro atoms. The van der Waals surface area contributed by atoms with Gasteiger partial charge in [-0.1, -0.05) is 18.2 Å². The van der Waals surface area contributed by atoms with E-state index in [9.17, 15) is 14.3 Å². The molecule has 0 radical (unpaired) electrons. The normalized spacial score (nSPS) is 10.2. The highest BCUT2D eigenvalue weighted by Crippen LogP contribution is 2.12. The molecule has 0 aromatic heterocycles. The first-order valence-electron chi connectivity index (χ1n) is 6.47. The van der Waals surface area contributed by atoms with Gasteiger partial charge in [-0.2, -0.15) is 0 Å². The summed E-state index contributed by atoms with van der Waals surface area (Å²) in [4.78, 5) is 11.7. The van der Waals surface area contributed by atoms with Gasteiger partial charge in [0, 0.05) is 12.1 Å². The van der Waals surface area contributed by atoms with E-state index in [4.69, 9.17) is 0 Å². The molecule has 0 heterocycles. The quantitative estimate of drug-likeness (QED) is 0.823. The summed E-state index contributed by atoms with van der Waals surface area (Å²) in [6.07, 6.45) is 1.52. The number of carbonyl (C=O) groups excluding carboxylic acids is 1. The maximum Gasteiger partial charge on any atom is 0.251 e. The lowest BCUT2D eigenvalue weighted by Crippen LogP contribution is -2.24. The van der Waals surface area contributed by atoms with Crippen LogP contribution in [0.4, 0.5) is 4.39 Å². The Kier molecular flexibility index (Phi) is 4.71. The molecule has 0 saturated carbocycles. The molecule has 4 heteroatoms. The first-order valence-corrected chi connectivity index (χ1v) is 6.47. The SMILES string of the molecule is O=C(NCCCc1cccc(O)c1)c1cccc(F)c1. The van der Waals surface area contributed by atoms with Crippen LogP contribution in [0.3, 0.4) is 0 Å². The minimum Gasteiger partial charge on any atom is -0.508 e. The Bertz CT molecular complexity index is 599. The van der Waals surface area contributed by atoms with Crippen LogP contribution in [0.25, 0.3) is 0 Å². The average Bonchev–Trinajstić information content (AvgIpc) is 2.43. The van der Waals surface area contributed by atoms with E-state index in [1.807, 2.05) is 6.07 Å². The predicted octanol–water partition coefficient (Wildman–Crippen LogP) is 2.89. The van der Waals surface area contributed by atoms with Crippen LogP contribution in [0.15, 0.2) is 48.5 Å². The standard InChI is InChI=1S/C16H16FNO2/c17-14-7-2-6-13(11-14)16(20)18-9-3-5-12-4-1-8-15(19)10-12/h1-2,4,6-8,10-11,19H,3,5,9H2,(H,18,20). The topological polar surface area (TPSA) is 49.3 Å². The summed E-state index contributed by atoms with van der Waals surface area (Å²) in [5.41, 5.74) is 1.34. The Hall–Kier alpha value is -2.36. The fourth-order valence-electron chi connectivity index (χ4n) is 1.94. The van der Waals surface area contributed by atoms with E-state index in [2.05, 4.69) is 5.32 Å². The van der Waals surface area contributed by atoms with Gasteiger partial charge in [0.05, 0.1) is 0 Å². The van der Waals surface area contributed by atoms with Crippen LogP contribution >= 0.6 is 0 Å². The fraction of sp³-hybridized carbons (Fsp3) is 0.188. The van der Waals surface area contributed by atoms with Crippen molar-refractivity contribution in [3.05, 3.63) is 65.5 Å². The average molecular weight is 273 g/mol. The number of aryl methyl sites for hydroxylation is 1. The van der Waals surface area contributed by atoms with E-state index in [0.717, 1.165) is 18.4 Å². The van der Waals surface area contributed by atoms with Gasteiger partial charge >= 0.3 is 0 Å². The maximum absolute atomic E-state index is 13.0. The molecule has 2 aromatic carbocycles. The summed E-state index contributed by atoms with van der Waals surface area (Å²) in [6, 6.07) is 12.6. The molecule has 3 nitrogen and oxygen atoms in total. The molecule has 0 unspecified atom stereocenters. The number of hydrogen-bond acceptors (Lipinski definition) is 2. The molecule has 1 amide bonds. The van der Waals surface area contributed by atoms with Crippen LogP contribution in [-0.4, -0.2) is 17.6 Å². The lowest BCUT2D eigenvalue weighted by atomic mass is 10.1. The van der Waals surface area contributed by atoms with Crippen molar-refractivity contribution < 1.29 is 14.3 Å². The smallest absolute Gasteiger partial charge is 0.251 e. The lowest BCUT2D eigenvalue weighted by molar-refractivity contribution is 0.0952. The van der Waals surface area contributed by atoms with Crippen LogP contribution in [0, 0.1) is 5.82 Å². The molecule has 0 bridgehead atoms. The molecule has 0 aliphatic rings. The largest absolute Gasteiger partial charge is 0.508 e. The van der Waals surface area contributed by atoms with Crippen molar-refractivity contribution in [2.45, 2.75) is 12.8 Å². The number of phenols is 1. The van der Waals surface area contributed by atoms with Crippen molar-refractivity contribution >= 4 is 5.91 Å². The van der Waals surface area contributed by atoms with Crippen LogP contribution in [-0.2, 0) is 6.42 Å². The van der Waals surface area contributed by atoms with Crippen LogP contribution in [0.2, 0.25) is 0 Å². The zero-order chi connectivity index (χ0) is 14.4. The molecule has 0 aliphatic heterocycles. The highest BCUT2D eigenvalue weighted by molar-refractivity contribution is 5.94. The number of phenolic OH excluding ortho intramolecular Hbond substituents is 1. The summed E-state index contributed by atoms with van der Waals surface area (Å²) in [7, 11) is 0. The van der Waals surface area contributed by atoms with Gasteiger partial charge in [-0.05, 0) is 48.7 Å². The number of carbonyl (C=O) groups is 1. The Morgan fingerprint density at radius 1 is 1.15 bits per heavy atom. The van der Waals surface area contributed by atoms with Crippen molar-refractivity contribution in [2.24, 2.45) is 0 Å². The monoisotopic (exact) mass is 273 g/mol. The van der Waals surface area contributed by atoms with E-state index in [0.29, 0.717) is 12.1 Å². The van der Waals surface area contributed by atoms with Crippen molar-refractivity contribution in [1.82, 2.24) is 5.32 Å². The number of halogens is 1. The third-order valence-electron chi connectivity index (χ3n) is 2.93. The zero-order valence-corrected chi connectivity index (χ0v) is 11.0. The van der Waals surface area contributed by atoms with E-state index < -0.39 is 5.82 Å². The summed E-state index contributed by atoms with van der Waals surface area (Å²) < 4.78 is 13.0. The van der Waals surface area contributed by atoms with Gasteiger partial charge in [-0.15, -0.1) is 0 Å². The Morgan fingerprint density at radius 3 is 2.70 bits per heavy atom. The molecule has 20 heavy (non-hydrogen) atoms. The van der Waals surface area contributed by atoms with E-state index >= 15 is 0 Å². The van der Waals surface area contributed by atoms with Crippen LogP contribution in [0.1, 0.15) is 22.3 Å². The summed E-state index contributed by atoms with van der Waals surface area (Å²) >= 11 is 0. The van der Waals surface area contributed by atoms with Gasteiger partial charge < -0.3 is 10.4 Å². The number of hydrogen-bond donors (Lipinski definition) is 2. The molecular weight excluding hydrogens is 257 g/mol. The molecular formula is C16H16FNO2. The molecule has 2 N–H and O–H groups in total. The number of rotatable bonds is 5. The minimum absolute atomic E-state index is 0.242. The molecule has 0 fully saturated rings. The second-order valence-electron chi connectivity index (χ2n) is 4.54. The van der Waals surface area contributed by atoms with Crippen molar-refractivity contribution in [2.75, 3.05) is 6.54 Å². The van der Waals surface area contributed by atoms with Gasteiger partial charge in [-0.3, -0.25) is 4.79 Å². The van der Waals surface area contributed by atoms with Gasteiger partial charge in [0.15, 0.2) is 0 Å². The summed E-state index contributed by atoms with van der Waals surface area (Å²) in [6.45, 7) is 0.505. The van der Waals surface area contributed by atoms with Crippen LogP contribution in [0.5, 0.6) is 5.75 Å². The van der Waals surface area contributed by atoms with Gasteiger partial charge in [0.2, 0.25) is 0 Å². The highest BCUT2D eigenvalue weighted by Gasteiger charge is 2.05. The molecule has 2 rings (SSSR count). The number of benzene rings is 2. The lowest BCUT2D eigenvalue weighted by Gasteiger charge is -2.06. The second kappa shape index (κ2) is 6.70. The molecule has 0 atom stereocenters. The van der Waals surface area contributed by atoms with Crippen molar-refractivity contribution in [3.63, 3.8) is 0 Å². The van der Waals surface area contributed by atoms with Gasteiger partial charge in [0.25, 0.3) is 5.91 Å². The van der Waals surface area contributed by atoms with Crippen molar-refractivity contribution in [3.8, 4) is 5.75 Å². The second-order valence-corrected chi connectivity index (χ2v) is 4.54. The Balaban J connectivity index is 1.77. The number of aromatic hydroxyl groups is 1. The molecule has 104 valence electrons. The fourth-order valence-corrected chi connectivity index (χ4v) is 1.94. The van der Waals surface area contributed by atoms with Crippen LogP contribution < -0.4 is 5.32 Å². The van der Waals surface area contributed by atoms with Gasteiger partial charge in [-0.25, -0.2) is 4.39 Å². The maximum atomic E-state index is 13.0. The molecule has 2 aromatic rings. The predicted molar refractivity (Wildman–Crippen MR) is 75.2 cm³/mol. The van der Waals surface area contributed by atoms with E-state index in [-0.39, 0.29) is 11.7 Å². The van der Waals surface area contributed by atoms with E-state index in [1.165, 1.54) is 18.2 Å². The Morgan fingerprint density at radius 2 is 1.95 bits per heavy atom. The third-order valence-corrected chi connectivity index (χ3v) is 2.93. The third kappa shape index (κ3) is 4.09. The summed E-state index contributed by atoms with van der Waals surface area (Å²) in [5.74, 6) is -0.455. The summed E-state index contributed by atoms with van der Waals surface area (Å²) in [5, 5.41) is 12.1. The molecule has 0 saturated heterocycles. The minimum atomic E-state index is -0.419. The van der Waals surface area contributed by atoms with E-state index in [1.54, 1.807) is 24.3 Å². The Labute approximate surface area is 117 Å². The first-order chi connectivity index (χ1) is 9.65. The first kappa shape index (κ1) is 14.1. The molecule has 0 aliphatic carbocycles. The van der Waals surface area contributed by atoms with Crippen molar-refractivity contribution in [1.29, 1.82) is 0 Å². The van der Waals surface area contributed by atoms with Gasteiger partial charge in [0.1, 0.15) is 11.6 Å². The number of amides is 1. The number of nitrogens with one attached hydrogen (secondary N) is 1. The highest BCUT2D eigenvalue weighted by atomic mass is 19.1. The zero-order valence-electron chi connectivity index (χ0n) is 11.0.